The maximum absolute atomic E-state index is 12.0. The third-order valence-electron chi connectivity index (χ3n) is 3.00. The minimum atomic E-state index is -3.46. The van der Waals surface area contributed by atoms with Crippen LogP contribution in [0.25, 0.3) is 0 Å². The van der Waals surface area contributed by atoms with E-state index in [9.17, 15) is 13.2 Å². The minimum absolute atomic E-state index is 0.00200. The number of carbonyl (C=O) groups is 1. The molecular formula is C14H18N2O3S. The number of hydrogen-bond acceptors (Lipinski definition) is 4. The summed E-state index contributed by atoms with van der Waals surface area (Å²) in [6.07, 6.45) is 1.29. The predicted octanol–water partition coefficient (Wildman–Crippen LogP) is 2.10. The maximum Gasteiger partial charge on any atom is 0.242 e. The molecule has 1 rings (SSSR count). The van der Waals surface area contributed by atoms with Crippen molar-refractivity contribution < 1.29 is 13.2 Å². The third kappa shape index (κ3) is 4.07. The number of unbranched alkanes of at least 4 members (excludes halogenated alkanes) is 1. The SMILES string of the molecule is CCCCS(=O)(=O)C(C)C(=O)Nc1ccccc1C#N. The van der Waals surface area contributed by atoms with E-state index in [0.29, 0.717) is 17.7 Å². The summed E-state index contributed by atoms with van der Waals surface area (Å²) in [5.74, 6) is -0.610. The lowest BCUT2D eigenvalue weighted by Crippen LogP contribution is -2.34. The summed E-state index contributed by atoms with van der Waals surface area (Å²) in [5.41, 5.74) is 0.636. The van der Waals surface area contributed by atoms with Crippen LogP contribution in [0, 0.1) is 11.3 Å². The van der Waals surface area contributed by atoms with Gasteiger partial charge in [-0.2, -0.15) is 5.26 Å². The topological polar surface area (TPSA) is 87.0 Å². The molecule has 20 heavy (non-hydrogen) atoms. The van der Waals surface area contributed by atoms with Crippen LogP contribution in [0.5, 0.6) is 0 Å². The molecule has 1 unspecified atom stereocenters. The monoisotopic (exact) mass is 294 g/mol. The molecule has 0 aliphatic carbocycles. The van der Waals surface area contributed by atoms with Crippen molar-refractivity contribution in [3.8, 4) is 6.07 Å². The van der Waals surface area contributed by atoms with Gasteiger partial charge in [0, 0.05) is 0 Å². The van der Waals surface area contributed by atoms with Crippen molar-refractivity contribution in [2.75, 3.05) is 11.1 Å². The van der Waals surface area contributed by atoms with Crippen LogP contribution in [0.4, 0.5) is 5.69 Å². The molecule has 6 heteroatoms. The number of hydrogen-bond donors (Lipinski definition) is 1. The van der Waals surface area contributed by atoms with Gasteiger partial charge >= 0.3 is 0 Å². The molecule has 0 heterocycles. The Bertz CT molecular complexity index is 618. The fraction of sp³-hybridized carbons (Fsp3) is 0.429. The van der Waals surface area contributed by atoms with E-state index in [0.717, 1.165) is 6.42 Å². The molecule has 1 atom stereocenters. The van der Waals surface area contributed by atoms with E-state index in [-0.39, 0.29) is 5.75 Å². The highest BCUT2D eigenvalue weighted by Gasteiger charge is 2.27. The first-order valence-electron chi connectivity index (χ1n) is 6.44. The van der Waals surface area contributed by atoms with Crippen molar-refractivity contribution in [3.63, 3.8) is 0 Å². The van der Waals surface area contributed by atoms with E-state index in [1.54, 1.807) is 24.3 Å². The van der Waals surface area contributed by atoms with Crippen LogP contribution in [0.2, 0.25) is 0 Å². The average molecular weight is 294 g/mol. The van der Waals surface area contributed by atoms with E-state index >= 15 is 0 Å². The zero-order valence-corrected chi connectivity index (χ0v) is 12.4. The fourth-order valence-corrected chi connectivity index (χ4v) is 3.04. The number of nitriles is 1. The molecule has 1 amide bonds. The molecule has 0 radical (unpaired) electrons. The van der Waals surface area contributed by atoms with E-state index in [1.807, 2.05) is 13.0 Å². The summed E-state index contributed by atoms with van der Waals surface area (Å²) in [7, 11) is -3.46. The lowest BCUT2D eigenvalue weighted by molar-refractivity contribution is -0.115. The van der Waals surface area contributed by atoms with Crippen molar-refractivity contribution in [1.82, 2.24) is 0 Å². The zero-order valence-electron chi connectivity index (χ0n) is 11.6. The van der Waals surface area contributed by atoms with Gasteiger partial charge in [-0.15, -0.1) is 0 Å². The quantitative estimate of drug-likeness (QED) is 0.870. The Morgan fingerprint density at radius 1 is 1.40 bits per heavy atom. The molecule has 1 aromatic carbocycles. The Labute approximate surface area is 119 Å². The van der Waals surface area contributed by atoms with E-state index < -0.39 is 21.0 Å². The third-order valence-corrected chi connectivity index (χ3v) is 5.14. The largest absolute Gasteiger partial charge is 0.324 e. The average Bonchev–Trinajstić information content (AvgIpc) is 2.44. The first-order valence-corrected chi connectivity index (χ1v) is 8.15. The molecule has 5 nitrogen and oxygen atoms in total. The smallest absolute Gasteiger partial charge is 0.242 e. The molecule has 108 valence electrons. The summed E-state index contributed by atoms with van der Waals surface area (Å²) in [4.78, 5) is 12.0. The Morgan fingerprint density at radius 2 is 2.05 bits per heavy atom. The number of anilines is 1. The number of nitrogens with one attached hydrogen (secondary N) is 1. The van der Waals surface area contributed by atoms with Crippen molar-refractivity contribution >= 4 is 21.4 Å². The van der Waals surface area contributed by atoms with Crippen molar-refractivity contribution in [1.29, 1.82) is 5.26 Å². The Balaban J connectivity index is 2.84. The second kappa shape index (κ2) is 7.06. The predicted molar refractivity (Wildman–Crippen MR) is 77.9 cm³/mol. The molecule has 0 bridgehead atoms. The number of para-hydroxylation sites is 1. The molecule has 0 aromatic heterocycles. The normalized spacial score (nSPS) is 12.4. The summed E-state index contributed by atoms with van der Waals surface area (Å²) in [5, 5.41) is 10.3. The summed E-state index contributed by atoms with van der Waals surface area (Å²) in [6.45, 7) is 3.26. The van der Waals surface area contributed by atoms with E-state index in [4.69, 9.17) is 5.26 Å². The molecule has 0 spiro atoms. The summed E-state index contributed by atoms with van der Waals surface area (Å²) < 4.78 is 23.9. The van der Waals surface area contributed by atoms with Crippen LogP contribution < -0.4 is 5.32 Å². The van der Waals surface area contributed by atoms with Crippen LogP contribution in [-0.4, -0.2) is 25.3 Å². The molecule has 0 aliphatic heterocycles. The highest BCUT2D eigenvalue weighted by Crippen LogP contribution is 2.15. The number of nitrogens with zero attached hydrogens (tertiary/aromatic N) is 1. The van der Waals surface area contributed by atoms with Gasteiger partial charge in [0.25, 0.3) is 0 Å². The first-order chi connectivity index (χ1) is 9.42. The number of carbonyl (C=O) groups excluding carboxylic acids is 1. The number of sulfone groups is 1. The van der Waals surface area contributed by atoms with E-state index in [2.05, 4.69) is 5.32 Å². The van der Waals surface area contributed by atoms with Gasteiger partial charge in [-0.25, -0.2) is 8.42 Å². The standard InChI is InChI=1S/C14H18N2O3S/c1-3-4-9-20(18,19)11(2)14(17)16-13-8-6-5-7-12(13)10-15/h5-8,11H,3-4,9H2,1-2H3,(H,16,17). The highest BCUT2D eigenvalue weighted by molar-refractivity contribution is 7.92. The van der Waals surface area contributed by atoms with Gasteiger partial charge < -0.3 is 5.32 Å². The Hall–Kier alpha value is -1.87. The molecule has 0 fully saturated rings. The van der Waals surface area contributed by atoms with Gasteiger partial charge in [-0.3, -0.25) is 4.79 Å². The molecule has 1 N–H and O–H groups in total. The molecule has 1 aromatic rings. The van der Waals surface area contributed by atoms with E-state index in [1.165, 1.54) is 6.92 Å². The molecular weight excluding hydrogens is 276 g/mol. The number of benzene rings is 1. The fourth-order valence-electron chi connectivity index (χ4n) is 1.61. The van der Waals surface area contributed by atoms with Crippen LogP contribution in [0.1, 0.15) is 32.3 Å². The molecule has 0 saturated heterocycles. The lowest BCUT2D eigenvalue weighted by atomic mass is 10.2. The van der Waals surface area contributed by atoms with Crippen molar-refractivity contribution in [2.24, 2.45) is 0 Å². The Kier molecular flexibility index (Phi) is 5.71. The Morgan fingerprint density at radius 3 is 2.65 bits per heavy atom. The molecule has 0 aliphatic rings. The zero-order chi connectivity index (χ0) is 15.2. The summed E-state index contributed by atoms with van der Waals surface area (Å²) >= 11 is 0. The van der Waals surface area contributed by atoms with Crippen LogP contribution >= 0.6 is 0 Å². The van der Waals surface area contributed by atoms with Crippen LogP contribution in [0.3, 0.4) is 0 Å². The minimum Gasteiger partial charge on any atom is -0.324 e. The van der Waals surface area contributed by atoms with Crippen molar-refractivity contribution in [2.45, 2.75) is 31.9 Å². The van der Waals surface area contributed by atoms with Gasteiger partial charge in [0.05, 0.1) is 17.0 Å². The number of rotatable bonds is 6. The van der Waals surface area contributed by atoms with Gasteiger partial charge in [-0.1, -0.05) is 25.5 Å². The summed E-state index contributed by atoms with van der Waals surface area (Å²) in [6, 6.07) is 8.43. The second-order valence-corrected chi connectivity index (χ2v) is 6.95. The van der Waals surface area contributed by atoms with Crippen molar-refractivity contribution in [3.05, 3.63) is 29.8 Å². The van der Waals surface area contributed by atoms with Gasteiger partial charge in [0.15, 0.2) is 9.84 Å². The highest BCUT2D eigenvalue weighted by atomic mass is 32.2. The van der Waals surface area contributed by atoms with Gasteiger partial charge in [-0.05, 0) is 25.5 Å². The van der Waals surface area contributed by atoms with Crippen LogP contribution in [-0.2, 0) is 14.6 Å². The molecule has 0 saturated carbocycles. The first kappa shape index (κ1) is 16.2. The van der Waals surface area contributed by atoms with Crippen LogP contribution in [0.15, 0.2) is 24.3 Å². The van der Waals surface area contributed by atoms with Gasteiger partial charge in [0.2, 0.25) is 5.91 Å². The van der Waals surface area contributed by atoms with Gasteiger partial charge in [0.1, 0.15) is 11.3 Å². The maximum atomic E-state index is 12.0. The lowest BCUT2D eigenvalue weighted by Gasteiger charge is -2.13. The number of amides is 1. The second-order valence-electron chi connectivity index (χ2n) is 4.51.